The Morgan fingerprint density at radius 3 is 2.76 bits per heavy atom. The highest BCUT2D eigenvalue weighted by Gasteiger charge is 2.05. The fourth-order valence-electron chi connectivity index (χ4n) is 1.53. The molecule has 0 aliphatic carbocycles. The maximum atomic E-state index is 11.6. The molecule has 0 saturated carbocycles. The van der Waals surface area contributed by atoms with Crippen LogP contribution >= 0.6 is 0 Å². The Labute approximate surface area is 102 Å². The van der Waals surface area contributed by atoms with E-state index in [1.54, 1.807) is 25.3 Å². The molecule has 0 heterocycles. The Morgan fingerprint density at radius 2 is 2.18 bits per heavy atom. The van der Waals surface area contributed by atoms with Crippen LogP contribution in [-0.4, -0.2) is 13.0 Å². The molecule has 0 aliphatic heterocycles. The van der Waals surface area contributed by atoms with Crippen molar-refractivity contribution in [1.29, 1.82) is 0 Å². The minimum atomic E-state index is 0.00955. The molecule has 0 bridgehead atoms. The normalized spacial score (nSPS) is 10.0. The fourth-order valence-corrected chi connectivity index (χ4v) is 1.53. The van der Waals surface area contributed by atoms with Gasteiger partial charge in [0, 0.05) is 12.5 Å². The number of nitrogens with one attached hydrogen (secondary N) is 1. The maximum absolute atomic E-state index is 11.6. The summed E-state index contributed by atoms with van der Waals surface area (Å²) in [6.45, 7) is 2.11. The second-order valence-electron chi connectivity index (χ2n) is 3.96. The van der Waals surface area contributed by atoms with Gasteiger partial charge in [-0.05, 0) is 18.6 Å². The number of benzene rings is 1. The largest absolute Gasteiger partial charge is 0.497 e. The number of methoxy groups -OCH3 is 1. The van der Waals surface area contributed by atoms with Gasteiger partial charge in [-0.25, -0.2) is 0 Å². The van der Waals surface area contributed by atoms with Gasteiger partial charge in [-0.3, -0.25) is 4.79 Å². The number of nitrogen functional groups attached to an aromatic ring is 1. The van der Waals surface area contributed by atoms with Gasteiger partial charge < -0.3 is 15.8 Å². The molecular formula is C13H20N2O2. The van der Waals surface area contributed by atoms with Crippen LogP contribution in [0.1, 0.15) is 32.6 Å². The SMILES string of the molecule is CCCCCC(=O)Nc1ccc(OC)cc1N. The molecule has 1 aromatic rings. The van der Waals surface area contributed by atoms with Gasteiger partial charge in [0.1, 0.15) is 5.75 Å². The third kappa shape index (κ3) is 4.34. The van der Waals surface area contributed by atoms with E-state index in [0.29, 0.717) is 23.5 Å². The fraction of sp³-hybridized carbons (Fsp3) is 0.462. The number of hydrogen-bond donors (Lipinski definition) is 2. The summed E-state index contributed by atoms with van der Waals surface area (Å²) in [5.74, 6) is 0.696. The third-order valence-corrected chi connectivity index (χ3v) is 2.54. The van der Waals surface area contributed by atoms with Gasteiger partial charge >= 0.3 is 0 Å². The van der Waals surface area contributed by atoms with Crippen molar-refractivity contribution in [3.8, 4) is 5.75 Å². The van der Waals surface area contributed by atoms with Crippen LogP contribution in [-0.2, 0) is 4.79 Å². The minimum absolute atomic E-state index is 0.00955. The lowest BCUT2D eigenvalue weighted by Gasteiger charge is -2.09. The molecule has 94 valence electrons. The van der Waals surface area contributed by atoms with Crippen molar-refractivity contribution in [3.05, 3.63) is 18.2 Å². The summed E-state index contributed by atoms with van der Waals surface area (Å²) in [5.41, 5.74) is 6.97. The first-order valence-corrected chi connectivity index (χ1v) is 5.90. The van der Waals surface area contributed by atoms with Crippen LogP contribution in [0, 0.1) is 0 Å². The Balaban J connectivity index is 2.53. The molecule has 0 atom stereocenters. The van der Waals surface area contributed by atoms with Gasteiger partial charge in [-0.1, -0.05) is 19.8 Å². The summed E-state index contributed by atoms with van der Waals surface area (Å²) in [5, 5.41) is 2.80. The Morgan fingerprint density at radius 1 is 1.41 bits per heavy atom. The van der Waals surface area contributed by atoms with E-state index in [0.717, 1.165) is 19.3 Å². The average Bonchev–Trinajstić information content (AvgIpc) is 2.32. The van der Waals surface area contributed by atoms with Gasteiger partial charge in [-0.15, -0.1) is 0 Å². The molecule has 0 unspecified atom stereocenters. The van der Waals surface area contributed by atoms with Crippen LogP contribution in [0.4, 0.5) is 11.4 Å². The molecule has 0 saturated heterocycles. The highest BCUT2D eigenvalue weighted by atomic mass is 16.5. The molecular weight excluding hydrogens is 216 g/mol. The Bertz CT molecular complexity index is 378. The molecule has 4 nitrogen and oxygen atoms in total. The molecule has 0 spiro atoms. The number of ether oxygens (including phenoxy) is 1. The number of carbonyl (C=O) groups is 1. The number of amides is 1. The van der Waals surface area contributed by atoms with E-state index in [1.165, 1.54) is 0 Å². The Hall–Kier alpha value is -1.71. The molecule has 0 fully saturated rings. The van der Waals surface area contributed by atoms with E-state index in [-0.39, 0.29) is 5.91 Å². The monoisotopic (exact) mass is 236 g/mol. The number of unbranched alkanes of at least 4 members (excludes halogenated alkanes) is 2. The lowest BCUT2D eigenvalue weighted by atomic mass is 10.2. The van der Waals surface area contributed by atoms with Crippen molar-refractivity contribution in [2.24, 2.45) is 0 Å². The zero-order chi connectivity index (χ0) is 12.7. The highest BCUT2D eigenvalue weighted by Crippen LogP contribution is 2.24. The zero-order valence-electron chi connectivity index (χ0n) is 10.5. The van der Waals surface area contributed by atoms with E-state index in [9.17, 15) is 4.79 Å². The quantitative estimate of drug-likeness (QED) is 0.589. The number of carbonyl (C=O) groups excluding carboxylic acids is 1. The van der Waals surface area contributed by atoms with Crippen molar-refractivity contribution < 1.29 is 9.53 Å². The van der Waals surface area contributed by atoms with E-state index in [1.807, 2.05) is 0 Å². The van der Waals surface area contributed by atoms with Crippen molar-refractivity contribution in [3.63, 3.8) is 0 Å². The molecule has 0 aliphatic rings. The molecule has 1 rings (SSSR count). The summed E-state index contributed by atoms with van der Waals surface area (Å²) in [7, 11) is 1.58. The third-order valence-electron chi connectivity index (χ3n) is 2.54. The van der Waals surface area contributed by atoms with Gasteiger partial charge in [0.15, 0.2) is 0 Å². The summed E-state index contributed by atoms with van der Waals surface area (Å²) >= 11 is 0. The lowest BCUT2D eigenvalue weighted by molar-refractivity contribution is -0.116. The first kappa shape index (κ1) is 13.4. The van der Waals surface area contributed by atoms with E-state index in [4.69, 9.17) is 10.5 Å². The van der Waals surface area contributed by atoms with E-state index < -0.39 is 0 Å². The van der Waals surface area contributed by atoms with Crippen molar-refractivity contribution in [1.82, 2.24) is 0 Å². The maximum Gasteiger partial charge on any atom is 0.224 e. The summed E-state index contributed by atoms with van der Waals surface area (Å²) in [6, 6.07) is 5.23. The molecule has 1 amide bonds. The number of rotatable bonds is 6. The average molecular weight is 236 g/mol. The molecule has 4 heteroatoms. The van der Waals surface area contributed by atoms with E-state index >= 15 is 0 Å². The van der Waals surface area contributed by atoms with E-state index in [2.05, 4.69) is 12.2 Å². The second-order valence-corrected chi connectivity index (χ2v) is 3.96. The molecule has 1 aromatic carbocycles. The number of nitrogens with two attached hydrogens (primary N) is 1. The van der Waals surface area contributed by atoms with Crippen LogP contribution < -0.4 is 15.8 Å². The second kappa shape index (κ2) is 6.78. The summed E-state index contributed by atoms with van der Waals surface area (Å²) in [4.78, 5) is 11.6. The van der Waals surface area contributed by atoms with Crippen molar-refractivity contribution in [2.75, 3.05) is 18.2 Å². The van der Waals surface area contributed by atoms with Crippen LogP contribution in [0.2, 0.25) is 0 Å². The first-order valence-electron chi connectivity index (χ1n) is 5.90. The van der Waals surface area contributed by atoms with Gasteiger partial charge in [-0.2, -0.15) is 0 Å². The number of hydrogen-bond acceptors (Lipinski definition) is 3. The smallest absolute Gasteiger partial charge is 0.224 e. The van der Waals surface area contributed by atoms with Crippen molar-refractivity contribution in [2.45, 2.75) is 32.6 Å². The van der Waals surface area contributed by atoms with Crippen LogP contribution in [0.15, 0.2) is 18.2 Å². The summed E-state index contributed by atoms with van der Waals surface area (Å²) in [6.07, 6.45) is 3.64. The van der Waals surface area contributed by atoms with Gasteiger partial charge in [0.2, 0.25) is 5.91 Å². The molecule has 0 radical (unpaired) electrons. The summed E-state index contributed by atoms with van der Waals surface area (Å²) < 4.78 is 5.04. The molecule has 0 aromatic heterocycles. The number of anilines is 2. The molecule has 3 N–H and O–H groups in total. The van der Waals surface area contributed by atoms with Crippen LogP contribution in [0.5, 0.6) is 5.75 Å². The first-order chi connectivity index (χ1) is 8.17. The molecule has 17 heavy (non-hydrogen) atoms. The van der Waals surface area contributed by atoms with Gasteiger partial charge in [0.05, 0.1) is 18.5 Å². The predicted octanol–water partition coefficient (Wildman–Crippen LogP) is 2.80. The lowest BCUT2D eigenvalue weighted by Crippen LogP contribution is -2.12. The van der Waals surface area contributed by atoms with Crippen LogP contribution in [0.25, 0.3) is 0 Å². The van der Waals surface area contributed by atoms with Gasteiger partial charge in [0.25, 0.3) is 0 Å². The van der Waals surface area contributed by atoms with Crippen molar-refractivity contribution >= 4 is 17.3 Å². The Kier molecular flexibility index (Phi) is 5.33. The highest BCUT2D eigenvalue weighted by molar-refractivity contribution is 5.93. The minimum Gasteiger partial charge on any atom is -0.497 e. The zero-order valence-corrected chi connectivity index (χ0v) is 10.5. The predicted molar refractivity (Wildman–Crippen MR) is 70.2 cm³/mol. The topological polar surface area (TPSA) is 64.3 Å². The van der Waals surface area contributed by atoms with Crippen LogP contribution in [0.3, 0.4) is 0 Å². The standard InChI is InChI=1S/C13H20N2O2/c1-3-4-5-6-13(16)15-12-8-7-10(17-2)9-11(12)14/h7-9H,3-6,14H2,1-2H3,(H,15,16).